The lowest BCUT2D eigenvalue weighted by Crippen LogP contribution is -2.45. The topological polar surface area (TPSA) is 109 Å². The van der Waals surface area contributed by atoms with Gasteiger partial charge in [0.15, 0.2) is 0 Å². The summed E-state index contributed by atoms with van der Waals surface area (Å²) in [4.78, 5) is 30.4. The quantitative estimate of drug-likeness (QED) is 0.472. The molecule has 3 heterocycles. The molecular formula is C26H39NO6S. The molecule has 2 N–H and O–H groups in total. The number of fused-ring (bicyclic) bond motifs is 1. The van der Waals surface area contributed by atoms with Gasteiger partial charge in [-0.05, 0) is 44.8 Å². The molecule has 2 fully saturated rings. The lowest BCUT2D eigenvalue weighted by Gasteiger charge is -2.34. The number of hydrogen-bond donors (Lipinski definition) is 2. The molecule has 7 nitrogen and oxygen atoms in total. The first-order chi connectivity index (χ1) is 15.8. The second-order valence-corrected chi connectivity index (χ2v) is 11.9. The fourth-order valence-corrected chi connectivity index (χ4v) is 5.40. The van der Waals surface area contributed by atoms with Crippen molar-refractivity contribution in [3.63, 3.8) is 0 Å². The molecule has 0 radical (unpaired) electrons. The van der Waals surface area contributed by atoms with Gasteiger partial charge in [0.25, 0.3) is 0 Å². The monoisotopic (exact) mass is 493 g/mol. The molecule has 0 spiro atoms. The number of esters is 1. The first-order valence-electron chi connectivity index (χ1n) is 12.2. The molecule has 190 valence electrons. The van der Waals surface area contributed by atoms with E-state index < -0.39 is 35.6 Å². The van der Waals surface area contributed by atoms with Crippen LogP contribution in [0.15, 0.2) is 11.5 Å². The van der Waals surface area contributed by atoms with Crippen molar-refractivity contribution < 1.29 is 29.3 Å². The highest BCUT2D eigenvalue weighted by Crippen LogP contribution is 2.44. The summed E-state index contributed by atoms with van der Waals surface area (Å²) in [6.07, 6.45) is 3.72. The van der Waals surface area contributed by atoms with E-state index in [1.807, 2.05) is 31.4 Å². The maximum absolute atomic E-state index is 13.2. The van der Waals surface area contributed by atoms with E-state index in [-0.39, 0.29) is 29.8 Å². The first-order valence-corrected chi connectivity index (χ1v) is 13.1. The van der Waals surface area contributed by atoms with Gasteiger partial charge in [-0.1, -0.05) is 34.1 Å². The number of aryl methyl sites for hydroxylation is 1. The molecule has 0 saturated carbocycles. The van der Waals surface area contributed by atoms with E-state index in [9.17, 15) is 19.8 Å². The predicted octanol–water partition coefficient (Wildman–Crippen LogP) is 4.09. The number of nitrogens with zero attached hydrogens (tertiary/aromatic N) is 1. The smallest absolute Gasteiger partial charge is 0.309 e. The predicted molar refractivity (Wildman–Crippen MR) is 131 cm³/mol. The van der Waals surface area contributed by atoms with Gasteiger partial charge in [0.2, 0.25) is 0 Å². The molecule has 2 saturated heterocycles. The zero-order chi connectivity index (χ0) is 25.3. The summed E-state index contributed by atoms with van der Waals surface area (Å²) in [5.74, 6) is -1.55. The van der Waals surface area contributed by atoms with Crippen LogP contribution in [-0.2, 0) is 19.1 Å². The van der Waals surface area contributed by atoms with Crippen LogP contribution in [0.4, 0.5) is 0 Å². The second kappa shape index (κ2) is 10.6. The third-order valence-corrected chi connectivity index (χ3v) is 8.34. The minimum Gasteiger partial charge on any atom is -0.458 e. The average molecular weight is 494 g/mol. The Hall–Kier alpha value is -1.61. The summed E-state index contributed by atoms with van der Waals surface area (Å²) in [7, 11) is 0. The number of ketones is 1. The normalized spacial score (nSPS) is 37.9. The van der Waals surface area contributed by atoms with Crippen LogP contribution in [0.1, 0.15) is 77.4 Å². The number of aliphatic hydroxyl groups is 2. The Kier molecular flexibility index (Phi) is 8.38. The summed E-state index contributed by atoms with van der Waals surface area (Å²) in [5, 5.41) is 24.5. The van der Waals surface area contributed by atoms with Crippen LogP contribution in [0, 0.1) is 24.2 Å². The van der Waals surface area contributed by atoms with E-state index in [0.29, 0.717) is 6.42 Å². The highest BCUT2D eigenvalue weighted by atomic mass is 32.1. The van der Waals surface area contributed by atoms with Crippen LogP contribution in [0.3, 0.4) is 0 Å². The van der Waals surface area contributed by atoms with Crippen LogP contribution < -0.4 is 0 Å². The molecule has 8 heteroatoms. The standard InChI is InChI=1S/C26H39NO6S/c1-15-8-7-11-26(6)21(33-26)12-19(10-9-18-14-34-17(3)27-18)32-22(29)13-20(28)25(4,5)24(31)16(2)23(15)30/h9-10,14-16,19-21,23,28,30H,7-8,11-13H2,1-6H3/t15-,16+,19+,20-,21-,23-,26+/m0/s1. The van der Waals surface area contributed by atoms with Crippen molar-refractivity contribution in [3.8, 4) is 0 Å². The Morgan fingerprint density at radius 1 is 1.21 bits per heavy atom. The minimum atomic E-state index is -1.22. The average Bonchev–Trinajstić information content (AvgIpc) is 3.19. The number of rotatable bonds is 2. The summed E-state index contributed by atoms with van der Waals surface area (Å²) in [6, 6.07) is 0. The van der Waals surface area contributed by atoms with E-state index in [1.54, 1.807) is 32.1 Å². The van der Waals surface area contributed by atoms with E-state index in [2.05, 4.69) is 11.9 Å². The van der Waals surface area contributed by atoms with Gasteiger partial charge in [0, 0.05) is 17.7 Å². The Bertz CT molecular complexity index is 911. The number of Topliss-reactive ketones (excluding diaryl/α,β-unsaturated/α-hetero) is 1. The molecule has 0 amide bonds. The zero-order valence-electron chi connectivity index (χ0n) is 21.1. The van der Waals surface area contributed by atoms with Gasteiger partial charge in [-0.15, -0.1) is 11.3 Å². The molecule has 0 bridgehead atoms. The summed E-state index contributed by atoms with van der Waals surface area (Å²) >= 11 is 1.55. The fraction of sp³-hybridized carbons (Fsp3) is 0.731. The van der Waals surface area contributed by atoms with Crippen molar-refractivity contribution in [1.29, 1.82) is 0 Å². The lowest BCUT2D eigenvalue weighted by molar-refractivity contribution is -0.154. The van der Waals surface area contributed by atoms with Crippen molar-refractivity contribution in [3.05, 3.63) is 22.2 Å². The van der Waals surface area contributed by atoms with Crippen LogP contribution in [0.5, 0.6) is 0 Å². The van der Waals surface area contributed by atoms with Crippen molar-refractivity contribution in [2.75, 3.05) is 0 Å². The van der Waals surface area contributed by atoms with Crippen LogP contribution in [0.2, 0.25) is 0 Å². The lowest BCUT2D eigenvalue weighted by atomic mass is 9.73. The molecule has 1 aromatic rings. The van der Waals surface area contributed by atoms with Crippen LogP contribution in [-0.4, -0.2) is 57.0 Å². The molecule has 7 atom stereocenters. The number of epoxide rings is 1. The number of aliphatic hydroxyl groups excluding tert-OH is 2. The van der Waals surface area contributed by atoms with Gasteiger partial charge in [0.05, 0.1) is 46.5 Å². The third kappa shape index (κ3) is 6.33. The second-order valence-electron chi connectivity index (χ2n) is 10.8. The molecule has 2 aliphatic rings. The van der Waals surface area contributed by atoms with Gasteiger partial charge in [-0.2, -0.15) is 0 Å². The van der Waals surface area contributed by atoms with E-state index >= 15 is 0 Å². The molecular weight excluding hydrogens is 454 g/mol. The number of cyclic esters (lactones) is 1. The largest absolute Gasteiger partial charge is 0.458 e. The van der Waals surface area contributed by atoms with Crippen molar-refractivity contribution >= 4 is 29.2 Å². The zero-order valence-corrected chi connectivity index (χ0v) is 21.9. The van der Waals surface area contributed by atoms with E-state index in [0.717, 1.165) is 30.0 Å². The first kappa shape index (κ1) is 27.0. The molecule has 34 heavy (non-hydrogen) atoms. The number of ether oxygens (including phenoxy) is 2. The summed E-state index contributed by atoms with van der Waals surface area (Å²) < 4.78 is 11.7. The summed E-state index contributed by atoms with van der Waals surface area (Å²) in [5.41, 5.74) is -0.684. The molecule has 0 aliphatic carbocycles. The summed E-state index contributed by atoms with van der Waals surface area (Å²) in [6.45, 7) is 10.9. The van der Waals surface area contributed by atoms with Crippen LogP contribution >= 0.6 is 11.3 Å². The van der Waals surface area contributed by atoms with Crippen molar-refractivity contribution in [2.24, 2.45) is 17.3 Å². The van der Waals surface area contributed by atoms with E-state index in [1.165, 1.54) is 0 Å². The Labute approximate surface area is 206 Å². The SMILES string of the molecule is Cc1nc(C=C[C@@H]2C[C@@H]3O[C@]3(C)CCC[C@H](C)[C@H](O)[C@@H](C)C(=O)C(C)(C)[C@@H](O)CC(=O)O2)cs1. The number of thiazole rings is 1. The number of aromatic nitrogens is 1. The van der Waals surface area contributed by atoms with Crippen LogP contribution in [0.25, 0.3) is 6.08 Å². The minimum absolute atomic E-state index is 0.0397. The van der Waals surface area contributed by atoms with E-state index in [4.69, 9.17) is 9.47 Å². The number of carbonyl (C=O) groups is 2. The van der Waals surface area contributed by atoms with Crippen molar-refractivity contribution in [2.45, 2.75) is 104 Å². The maximum atomic E-state index is 13.2. The highest BCUT2D eigenvalue weighted by molar-refractivity contribution is 7.09. The molecule has 1 aromatic heterocycles. The molecule has 3 rings (SSSR count). The highest BCUT2D eigenvalue weighted by Gasteiger charge is 2.52. The van der Waals surface area contributed by atoms with Gasteiger partial charge in [-0.25, -0.2) is 4.98 Å². The molecule has 0 aromatic carbocycles. The van der Waals surface area contributed by atoms with Gasteiger partial charge in [0.1, 0.15) is 11.9 Å². The Morgan fingerprint density at radius 3 is 2.56 bits per heavy atom. The van der Waals surface area contributed by atoms with Gasteiger partial charge in [-0.3, -0.25) is 9.59 Å². The molecule has 0 unspecified atom stereocenters. The molecule has 2 aliphatic heterocycles. The third-order valence-electron chi connectivity index (χ3n) is 7.55. The Morgan fingerprint density at radius 2 is 1.91 bits per heavy atom. The van der Waals surface area contributed by atoms with Crippen molar-refractivity contribution in [1.82, 2.24) is 4.98 Å². The number of carbonyl (C=O) groups excluding carboxylic acids is 2. The maximum Gasteiger partial charge on any atom is 0.309 e. The van der Waals surface area contributed by atoms with Gasteiger partial charge >= 0.3 is 5.97 Å². The number of hydrogen-bond acceptors (Lipinski definition) is 8. The Balaban J connectivity index is 1.81. The fourth-order valence-electron chi connectivity index (χ4n) is 4.82. The van der Waals surface area contributed by atoms with Gasteiger partial charge < -0.3 is 19.7 Å².